The second-order valence-corrected chi connectivity index (χ2v) is 5.17. The van der Waals surface area contributed by atoms with E-state index < -0.39 is 0 Å². The highest BCUT2D eigenvalue weighted by Crippen LogP contribution is 2.27. The largest absolute Gasteiger partial charge is 0.340 e. The Hall–Kier alpha value is -2.15. The zero-order valence-electron chi connectivity index (χ0n) is 10.4. The monoisotopic (exact) mass is 275 g/mol. The number of nitrogens with zero attached hydrogens (tertiary/aromatic N) is 3. The lowest BCUT2D eigenvalue weighted by atomic mass is 10.3. The number of imidazole rings is 1. The summed E-state index contributed by atoms with van der Waals surface area (Å²) in [5.74, 6) is 1.62. The van der Waals surface area contributed by atoms with Crippen molar-refractivity contribution in [2.45, 2.75) is 19.9 Å². The van der Waals surface area contributed by atoms with Gasteiger partial charge in [-0.2, -0.15) is 5.10 Å². The SMILES string of the molecule is Cc1ccsc1-c1nccn1CCc1n[nH]c(=O)[nH]1. The topological polar surface area (TPSA) is 79.4 Å². The maximum absolute atomic E-state index is 11.0. The lowest BCUT2D eigenvalue weighted by molar-refractivity contribution is 0.679. The number of aromatic nitrogens is 5. The minimum atomic E-state index is -0.269. The molecular weight excluding hydrogens is 262 g/mol. The first-order chi connectivity index (χ1) is 9.24. The molecule has 0 spiro atoms. The van der Waals surface area contributed by atoms with Crippen LogP contribution in [0.3, 0.4) is 0 Å². The van der Waals surface area contributed by atoms with Crippen molar-refractivity contribution in [3.05, 3.63) is 45.7 Å². The number of nitrogens with one attached hydrogen (secondary N) is 2. The lowest BCUT2D eigenvalue weighted by Gasteiger charge is -2.05. The summed E-state index contributed by atoms with van der Waals surface area (Å²) in [7, 11) is 0. The molecule has 0 atom stereocenters. The molecule has 98 valence electrons. The Morgan fingerprint density at radius 3 is 3.05 bits per heavy atom. The van der Waals surface area contributed by atoms with Gasteiger partial charge in [0, 0.05) is 25.4 Å². The molecule has 0 amide bonds. The lowest BCUT2D eigenvalue weighted by Crippen LogP contribution is -2.05. The third-order valence-corrected chi connectivity index (χ3v) is 3.93. The van der Waals surface area contributed by atoms with Gasteiger partial charge in [0.05, 0.1) is 4.88 Å². The molecule has 3 aromatic heterocycles. The molecule has 2 N–H and O–H groups in total. The summed E-state index contributed by atoms with van der Waals surface area (Å²) in [4.78, 5) is 19.2. The Morgan fingerprint density at radius 2 is 2.37 bits per heavy atom. The van der Waals surface area contributed by atoms with Gasteiger partial charge in [-0.25, -0.2) is 14.9 Å². The molecule has 3 rings (SSSR count). The predicted octanol–water partition coefficient (Wildman–Crippen LogP) is 1.57. The van der Waals surface area contributed by atoms with Gasteiger partial charge in [0.1, 0.15) is 11.6 Å². The fourth-order valence-corrected chi connectivity index (χ4v) is 2.89. The highest BCUT2D eigenvalue weighted by Gasteiger charge is 2.10. The van der Waals surface area contributed by atoms with Crippen LogP contribution < -0.4 is 5.69 Å². The maximum Gasteiger partial charge on any atom is 0.340 e. The summed E-state index contributed by atoms with van der Waals surface area (Å²) < 4.78 is 2.08. The van der Waals surface area contributed by atoms with Crippen LogP contribution in [0.4, 0.5) is 0 Å². The van der Waals surface area contributed by atoms with Crippen molar-refractivity contribution < 1.29 is 0 Å². The average molecular weight is 275 g/mol. The average Bonchev–Trinajstić information content (AvgIpc) is 3.07. The van der Waals surface area contributed by atoms with Crippen LogP contribution in [0, 0.1) is 6.92 Å². The Kier molecular flexibility index (Phi) is 3.04. The number of hydrogen-bond donors (Lipinski definition) is 2. The molecule has 6 nitrogen and oxygen atoms in total. The first-order valence-corrected chi connectivity index (χ1v) is 6.81. The third kappa shape index (κ3) is 2.37. The summed E-state index contributed by atoms with van der Waals surface area (Å²) in [5.41, 5.74) is 0.959. The molecule has 0 saturated carbocycles. The predicted molar refractivity (Wildman–Crippen MR) is 73.2 cm³/mol. The van der Waals surface area contributed by atoms with E-state index >= 15 is 0 Å². The highest BCUT2D eigenvalue weighted by molar-refractivity contribution is 7.13. The van der Waals surface area contributed by atoms with E-state index in [0.29, 0.717) is 12.2 Å². The van der Waals surface area contributed by atoms with Crippen molar-refractivity contribution in [1.82, 2.24) is 24.7 Å². The summed E-state index contributed by atoms with van der Waals surface area (Å²) >= 11 is 1.68. The van der Waals surface area contributed by atoms with E-state index in [1.165, 1.54) is 10.4 Å². The van der Waals surface area contributed by atoms with Crippen LogP contribution in [-0.2, 0) is 13.0 Å². The number of aromatic amines is 2. The fourth-order valence-electron chi connectivity index (χ4n) is 1.95. The number of aryl methyl sites for hydroxylation is 3. The van der Waals surface area contributed by atoms with Gasteiger partial charge in [-0.05, 0) is 23.9 Å². The van der Waals surface area contributed by atoms with Crippen molar-refractivity contribution in [2.24, 2.45) is 0 Å². The van der Waals surface area contributed by atoms with Crippen molar-refractivity contribution in [3.8, 4) is 10.7 Å². The van der Waals surface area contributed by atoms with Crippen molar-refractivity contribution in [1.29, 1.82) is 0 Å². The molecule has 7 heteroatoms. The molecule has 3 heterocycles. The molecule has 0 aliphatic heterocycles. The van der Waals surface area contributed by atoms with E-state index in [0.717, 1.165) is 12.4 Å². The van der Waals surface area contributed by atoms with Gasteiger partial charge in [-0.3, -0.25) is 4.98 Å². The first-order valence-electron chi connectivity index (χ1n) is 5.93. The molecule has 3 aromatic rings. The quantitative estimate of drug-likeness (QED) is 0.758. The molecule has 0 saturated heterocycles. The van der Waals surface area contributed by atoms with Gasteiger partial charge in [0.25, 0.3) is 0 Å². The van der Waals surface area contributed by atoms with Gasteiger partial charge < -0.3 is 4.57 Å². The number of rotatable bonds is 4. The standard InChI is InChI=1S/C12H13N5OS/c1-8-3-7-19-10(8)11-13-4-6-17(11)5-2-9-14-12(18)16-15-9/h3-4,6-7H,2,5H2,1H3,(H2,14,15,16,18). The number of hydrogen-bond acceptors (Lipinski definition) is 4. The minimum absolute atomic E-state index is 0.269. The van der Waals surface area contributed by atoms with Crippen molar-refractivity contribution in [2.75, 3.05) is 0 Å². The molecule has 0 aliphatic rings. The van der Waals surface area contributed by atoms with Crippen LogP contribution in [0.15, 0.2) is 28.6 Å². The third-order valence-electron chi connectivity index (χ3n) is 2.92. The van der Waals surface area contributed by atoms with E-state index in [2.05, 4.69) is 43.1 Å². The minimum Gasteiger partial charge on any atom is -0.330 e. The van der Waals surface area contributed by atoms with Crippen LogP contribution in [0.2, 0.25) is 0 Å². The summed E-state index contributed by atoms with van der Waals surface area (Å²) in [5, 5.41) is 8.33. The maximum atomic E-state index is 11.0. The Balaban J connectivity index is 1.81. The molecule has 0 radical (unpaired) electrons. The van der Waals surface area contributed by atoms with Crippen LogP contribution >= 0.6 is 11.3 Å². The molecule has 19 heavy (non-hydrogen) atoms. The number of H-pyrrole nitrogens is 2. The molecule has 0 aromatic carbocycles. The zero-order valence-corrected chi connectivity index (χ0v) is 11.2. The van der Waals surface area contributed by atoms with Crippen molar-refractivity contribution in [3.63, 3.8) is 0 Å². The summed E-state index contributed by atoms with van der Waals surface area (Å²) in [6.45, 7) is 2.81. The van der Waals surface area contributed by atoms with E-state index in [4.69, 9.17) is 0 Å². The molecule has 0 fully saturated rings. The smallest absolute Gasteiger partial charge is 0.330 e. The van der Waals surface area contributed by atoms with Gasteiger partial charge >= 0.3 is 5.69 Å². The normalized spacial score (nSPS) is 11.0. The molecule has 0 aliphatic carbocycles. The van der Waals surface area contributed by atoms with Crippen LogP contribution in [-0.4, -0.2) is 24.7 Å². The Morgan fingerprint density at radius 1 is 1.47 bits per heavy atom. The second-order valence-electron chi connectivity index (χ2n) is 4.25. The first kappa shape index (κ1) is 11.9. The van der Waals surface area contributed by atoms with E-state index in [9.17, 15) is 4.79 Å². The zero-order chi connectivity index (χ0) is 13.2. The fraction of sp³-hybridized carbons (Fsp3) is 0.250. The van der Waals surface area contributed by atoms with E-state index in [1.54, 1.807) is 17.5 Å². The Bertz CT molecular complexity index is 735. The second kappa shape index (κ2) is 4.85. The summed E-state index contributed by atoms with van der Waals surface area (Å²) in [6, 6.07) is 2.09. The van der Waals surface area contributed by atoms with Crippen molar-refractivity contribution >= 4 is 11.3 Å². The molecular formula is C12H13N5OS. The van der Waals surface area contributed by atoms with Crippen LogP contribution in [0.1, 0.15) is 11.4 Å². The Labute approximate surface area is 113 Å². The van der Waals surface area contributed by atoms with Gasteiger partial charge in [0.2, 0.25) is 0 Å². The number of thiophene rings is 1. The van der Waals surface area contributed by atoms with Gasteiger partial charge in [0.15, 0.2) is 0 Å². The van der Waals surface area contributed by atoms with Crippen LogP contribution in [0.5, 0.6) is 0 Å². The molecule has 0 bridgehead atoms. The summed E-state index contributed by atoms with van der Waals surface area (Å²) in [6.07, 6.45) is 4.40. The molecule has 0 unspecified atom stereocenters. The van der Waals surface area contributed by atoms with E-state index in [-0.39, 0.29) is 5.69 Å². The van der Waals surface area contributed by atoms with Gasteiger partial charge in [-0.15, -0.1) is 11.3 Å². The van der Waals surface area contributed by atoms with Crippen LogP contribution in [0.25, 0.3) is 10.7 Å². The highest BCUT2D eigenvalue weighted by atomic mass is 32.1. The van der Waals surface area contributed by atoms with Gasteiger partial charge in [-0.1, -0.05) is 0 Å². The van der Waals surface area contributed by atoms with E-state index in [1.807, 2.05) is 6.20 Å².